The van der Waals surface area contributed by atoms with E-state index in [0.717, 1.165) is 176 Å². The Kier molecular flexibility index (Phi) is 65.2. The van der Waals surface area contributed by atoms with Crippen LogP contribution >= 0.6 is 0 Å². The molecule has 4 N–H and O–H groups in total. The van der Waals surface area contributed by atoms with E-state index in [9.17, 15) is 61.8 Å². The zero-order chi connectivity index (χ0) is 96.5. The molecule has 13 aliphatic rings. The van der Waals surface area contributed by atoms with Gasteiger partial charge in [-0.15, -0.1) is 0 Å². The summed E-state index contributed by atoms with van der Waals surface area (Å²) in [5.74, 6) is 8.05. The molecule has 0 aromatic carbocycles. The van der Waals surface area contributed by atoms with E-state index in [2.05, 4.69) is 154 Å². The average Bonchev–Trinajstić information content (AvgIpc) is 1.78. The fraction of sp³-hybridized carbons (Fsp3) is 0.981. The highest BCUT2D eigenvalue weighted by Crippen LogP contribution is 2.46. The number of sulfonamides is 3. The Labute approximate surface area is 789 Å². The standard InChI is InChI=1S/C9H18O.C8H17N.C8H16O.2C8H16.C8H14.2C7H15NO2S.2C7H14O.C7H14.C6H13NO2S.C6H12O2S.C5H11FO2S.2CH4/c1-8(2)9(10)6-4-3-5-7-9;1-8(2)9-6-4-3-5-7-9;1-7(2)8(9)5-3-4-6-8;1-7(2)8(3)5-4-6-8;1-6(2)7(3)8-4-5-8;1-7(2)8-5-3-4-6-8;2*1-7(2)11(9,10)8-5-3-4-6-8;1-6(2)8-7-4-3-5-7;1-6(2)7(8)4-3-5-7;1-6(2)7-4-3-5-7;1-5(2)10(8,9)7-6-3-4-6;1-5(2)9(7,8)6-3-4-6;1-4(2)9(7,8)5(3)6;;/h8,10H,3-7H2,1-2H3;8H,3-7H2,1-2H3;7,9H,3-6H2,1-2H3;7H,4-6H2,1-3H3;6-8H,4-5H2,1-3H3;5,7H,3-4,6H2,1-2H3;2*7H,3-6H2,1-2H3;6-7H,3-5H2,1-2H3;6,8H,3-5H2,1-2H3;6-7H,3-5H2,1-2H3;5-7H,3-4H2,1-2H3;5-6H,3-4H2,1-2H3;4-5H,1-3H3;2*1H4. The number of likely N-dealkylation sites (tertiary alicyclic amines) is 1. The number of sulfone groups is 2. The quantitative estimate of drug-likeness (QED) is 0.0735. The van der Waals surface area contributed by atoms with Crippen LogP contribution in [0.25, 0.3) is 0 Å². The van der Waals surface area contributed by atoms with Gasteiger partial charge in [0, 0.05) is 38.3 Å². The highest BCUT2D eigenvalue weighted by Gasteiger charge is 2.40. The molecule has 3 heterocycles. The van der Waals surface area contributed by atoms with Crippen molar-refractivity contribution in [3.05, 3.63) is 11.6 Å². The molecule has 10 aliphatic carbocycles. The number of nitrogens with zero attached hydrogens (tertiary/aromatic N) is 3. The minimum atomic E-state index is -3.48. The molecule has 766 valence electrons. The largest absolute Gasteiger partial charge is 0.390 e. The van der Waals surface area contributed by atoms with Crippen molar-refractivity contribution in [3.8, 4) is 0 Å². The maximum atomic E-state index is 12.1. The second-order valence-corrected chi connectivity index (χ2v) is 56.4. The molecule has 0 aromatic rings. The summed E-state index contributed by atoms with van der Waals surface area (Å²) >= 11 is 0. The Hall–Kier alpha value is -0.900. The van der Waals surface area contributed by atoms with Gasteiger partial charge in [0.25, 0.3) is 0 Å². The van der Waals surface area contributed by atoms with Crippen LogP contribution in [0.15, 0.2) is 11.6 Å². The number of hydrogen-bond donors (Lipinski definition) is 4. The molecular weight excluding hydrogens is 1700 g/mol. The predicted octanol–water partition coefficient (Wildman–Crippen LogP) is 25.9. The minimum Gasteiger partial charge on any atom is -0.390 e. The molecule has 0 spiro atoms. The summed E-state index contributed by atoms with van der Waals surface area (Å²) in [6, 6.07) is 1.01. The molecule has 0 radical (unpaired) electrons. The van der Waals surface area contributed by atoms with Gasteiger partial charge in [-0.25, -0.2) is 59.8 Å². The van der Waals surface area contributed by atoms with Crippen molar-refractivity contribution in [3.63, 3.8) is 0 Å². The van der Waals surface area contributed by atoms with E-state index in [1.54, 1.807) is 69.6 Å². The summed E-state index contributed by atoms with van der Waals surface area (Å²) in [6.45, 7) is 67.9. The number of allylic oxidation sites excluding steroid dienone is 2. The van der Waals surface area contributed by atoms with Gasteiger partial charge in [0.05, 0.1) is 60.5 Å². The number of ether oxygens (including phenoxy) is 1. The third kappa shape index (κ3) is 51.9. The van der Waals surface area contributed by atoms with Gasteiger partial charge >= 0.3 is 0 Å². The molecule has 12 fully saturated rings. The monoisotopic (exact) mass is 1910 g/mol. The van der Waals surface area contributed by atoms with E-state index in [1.165, 1.54) is 175 Å². The van der Waals surface area contributed by atoms with Crippen LogP contribution in [0.5, 0.6) is 0 Å². The summed E-state index contributed by atoms with van der Waals surface area (Å²) in [7, 11) is -15.1. The fourth-order valence-corrected chi connectivity index (χ4v) is 21.8. The molecule has 3 aliphatic heterocycles. The number of aliphatic hydroxyl groups is 3. The molecule has 0 bridgehead atoms. The smallest absolute Gasteiger partial charge is 0.216 e. The lowest BCUT2D eigenvalue weighted by molar-refractivity contribution is -0.0719. The minimum absolute atomic E-state index is 0. The number of rotatable bonds is 22. The lowest BCUT2D eigenvalue weighted by atomic mass is 9.64. The molecule has 24 heteroatoms. The Morgan fingerprint density at radius 2 is 0.772 bits per heavy atom. The molecule has 0 aromatic heterocycles. The first kappa shape index (κ1) is 130. The van der Waals surface area contributed by atoms with Crippen LogP contribution < -0.4 is 4.72 Å². The first-order chi connectivity index (χ1) is 57.6. The zero-order valence-corrected chi connectivity index (χ0v) is 90.8. The van der Waals surface area contributed by atoms with Crippen LogP contribution in [0.4, 0.5) is 4.39 Å². The molecule has 2 atom stereocenters. The van der Waals surface area contributed by atoms with Gasteiger partial charge in [-0.1, -0.05) is 201 Å². The Morgan fingerprint density at radius 1 is 0.402 bits per heavy atom. The van der Waals surface area contributed by atoms with E-state index >= 15 is 0 Å². The van der Waals surface area contributed by atoms with Crippen LogP contribution in [0.3, 0.4) is 0 Å². The van der Waals surface area contributed by atoms with Crippen LogP contribution in [0.1, 0.15) is 467 Å². The summed E-state index contributed by atoms with van der Waals surface area (Å²) in [6.07, 6.45) is 49.0. The van der Waals surface area contributed by atoms with Crippen molar-refractivity contribution in [1.82, 2.24) is 18.2 Å². The van der Waals surface area contributed by atoms with E-state index < -0.39 is 60.5 Å². The lowest BCUT2D eigenvalue weighted by Gasteiger charge is -2.42. The second-order valence-electron chi connectivity index (χ2n) is 43.6. The second kappa shape index (κ2) is 63.6. The van der Waals surface area contributed by atoms with Crippen molar-refractivity contribution in [1.29, 1.82) is 0 Å². The third-order valence-electron chi connectivity index (χ3n) is 28.8. The highest BCUT2D eigenvalue weighted by atomic mass is 32.2. The summed E-state index contributed by atoms with van der Waals surface area (Å²) in [5.41, 5.74) is -0.249. The molecule has 9 saturated carbocycles. The molecule has 18 nitrogen and oxygen atoms in total. The Morgan fingerprint density at radius 3 is 0.921 bits per heavy atom. The fourth-order valence-electron chi connectivity index (χ4n) is 15.8. The highest BCUT2D eigenvalue weighted by molar-refractivity contribution is 7.93. The number of hydrogen-bond acceptors (Lipinski definition) is 15. The van der Waals surface area contributed by atoms with Gasteiger partial charge < -0.3 is 25.0 Å². The van der Waals surface area contributed by atoms with Gasteiger partial charge in [-0.3, -0.25) is 0 Å². The topological polar surface area (TPSA) is 262 Å². The van der Waals surface area contributed by atoms with Crippen LogP contribution in [0.2, 0.25) is 0 Å². The van der Waals surface area contributed by atoms with Gasteiger partial charge in [0.2, 0.25) is 30.1 Å². The van der Waals surface area contributed by atoms with Crippen molar-refractivity contribution >= 4 is 49.7 Å². The van der Waals surface area contributed by atoms with Gasteiger partial charge in [0.15, 0.2) is 25.2 Å². The Bertz CT molecular complexity index is 3260. The van der Waals surface area contributed by atoms with E-state index in [4.69, 9.17) is 4.74 Å². The average molecular weight is 1910 g/mol. The SMILES string of the molecule is C.C.CC(C)C(C)C1CC1.CC(C)C1(C)CCC1.CC(C)C1(O)CCC1.CC(C)C1(O)CCCC1.CC(C)C1(O)CCCCC1.CC(C)C1=CCCC1.CC(C)C1CCC1.CC(C)N1CCCCC1.CC(C)OC1CCC1.CC(C)S(=O)(=O)C(C)F.CC(C)S(=O)(=O)C1CC1.CC(C)S(=O)(=O)N1CCCC1.CC(C)S(=O)(=O)N1CCCC1.CC(C)S(=O)(=O)NC1CC1. The summed E-state index contributed by atoms with van der Waals surface area (Å²) < 4.78 is 135. The molecular formula is C103H213FN4O14S5. The first-order valence-corrected chi connectivity index (χ1v) is 58.7. The molecule has 3 saturated heterocycles. The molecule has 127 heavy (non-hydrogen) atoms. The maximum Gasteiger partial charge on any atom is 0.216 e. The summed E-state index contributed by atoms with van der Waals surface area (Å²) in [5, 5.41) is 27.6. The lowest BCUT2D eigenvalue weighted by Crippen LogP contribution is -2.41. The van der Waals surface area contributed by atoms with Crippen LogP contribution in [-0.4, -0.2) is 188 Å². The van der Waals surface area contributed by atoms with Crippen LogP contribution in [-0.2, 0) is 54.5 Å². The van der Waals surface area contributed by atoms with Gasteiger partial charge in [-0.2, -0.15) is 0 Å². The zero-order valence-electron chi connectivity index (χ0n) is 86.7. The van der Waals surface area contributed by atoms with Crippen molar-refractivity contribution in [2.75, 3.05) is 39.3 Å². The number of halogens is 1. The number of piperidine rings is 1. The predicted molar refractivity (Wildman–Crippen MR) is 547 cm³/mol. The summed E-state index contributed by atoms with van der Waals surface area (Å²) in [4.78, 5) is 2.56. The van der Waals surface area contributed by atoms with Gasteiger partial charge in [-0.05, 0) is 355 Å². The molecule has 0 amide bonds. The Balaban J connectivity index is -0.00000130. The van der Waals surface area contributed by atoms with Gasteiger partial charge in [0.1, 0.15) is 0 Å². The van der Waals surface area contributed by atoms with Crippen molar-refractivity contribution in [2.24, 2.45) is 64.6 Å². The molecule has 2 unspecified atom stereocenters. The van der Waals surface area contributed by atoms with Crippen molar-refractivity contribution in [2.45, 2.75) is 545 Å². The maximum absolute atomic E-state index is 12.1. The van der Waals surface area contributed by atoms with Crippen molar-refractivity contribution < 1.29 is 66.5 Å². The van der Waals surface area contributed by atoms with E-state index in [-0.39, 0.29) is 63.9 Å². The molecule has 13 rings (SSSR count). The normalized spacial score (nSPS) is 21.9. The first-order valence-electron chi connectivity index (χ1n) is 50.9. The van der Waals surface area contributed by atoms with E-state index in [1.807, 2.05) is 0 Å². The van der Waals surface area contributed by atoms with E-state index in [0.29, 0.717) is 30.0 Å². The third-order valence-corrected chi connectivity index (χ3v) is 40.2. The number of nitrogens with one attached hydrogen (secondary N) is 1. The number of alkyl halides is 1. The van der Waals surface area contributed by atoms with Crippen LogP contribution in [0, 0.1) is 64.6 Å².